The number of alkyl halides is 6. The molecule has 0 aliphatic rings. The summed E-state index contributed by atoms with van der Waals surface area (Å²) in [6.45, 7) is 1.68. The molecule has 0 aliphatic heterocycles. The Kier molecular flexibility index (Phi) is 9.47. The van der Waals surface area contributed by atoms with E-state index < -0.39 is 47.4 Å². The Labute approximate surface area is 222 Å². The third-order valence-electron chi connectivity index (χ3n) is 6.20. The molecular weight excluding hydrogens is 524 g/mol. The van der Waals surface area contributed by atoms with Crippen LogP contribution in [0.2, 0.25) is 0 Å². The van der Waals surface area contributed by atoms with E-state index in [0.717, 1.165) is 16.2 Å². The van der Waals surface area contributed by atoms with Gasteiger partial charge in [0.25, 0.3) is 5.91 Å². The standard InChI is InChI=1S/C28H29F6N3O2/c1-3-4-13-36(26(39)21-14-22(27(29,30)31)16-23(15-21)28(32,33)34)19-25(38)37(17-20-9-6-5-7-10-20)18-24-11-8-12-35(24)2/h5-12,14-16H,3-4,13,17-19H2,1-2H3. The summed E-state index contributed by atoms with van der Waals surface area (Å²) in [5.74, 6) is -1.57. The molecule has 0 aliphatic carbocycles. The van der Waals surface area contributed by atoms with Crippen LogP contribution in [-0.2, 0) is 37.3 Å². The third-order valence-corrected chi connectivity index (χ3v) is 6.20. The first-order valence-corrected chi connectivity index (χ1v) is 12.3. The van der Waals surface area contributed by atoms with E-state index in [0.29, 0.717) is 25.0 Å². The van der Waals surface area contributed by atoms with E-state index in [2.05, 4.69) is 0 Å². The van der Waals surface area contributed by atoms with Gasteiger partial charge in [-0.15, -0.1) is 0 Å². The van der Waals surface area contributed by atoms with E-state index >= 15 is 0 Å². The van der Waals surface area contributed by atoms with Crippen molar-refractivity contribution in [2.24, 2.45) is 7.05 Å². The quantitative estimate of drug-likeness (QED) is 0.268. The number of carbonyl (C=O) groups excluding carboxylic acids is 2. The topological polar surface area (TPSA) is 45.6 Å². The molecule has 0 bridgehead atoms. The second-order valence-electron chi connectivity index (χ2n) is 9.22. The number of aryl methyl sites for hydroxylation is 1. The van der Waals surface area contributed by atoms with Crippen molar-refractivity contribution < 1.29 is 35.9 Å². The molecule has 3 rings (SSSR count). The van der Waals surface area contributed by atoms with Crippen LogP contribution in [0.25, 0.3) is 0 Å². The summed E-state index contributed by atoms with van der Waals surface area (Å²) in [5.41, 5.74) is -2.33. The number of benzene rings is 2. The highest BCUT2D eigenvalue weighted by Crippen LogP contribution is 2.36. The van der Waals surface area contributed by atoms with Gasteiger partial charge < -0.3 is 14.4 Å². The number of unbranched alkanes of at least 4 members (excludes halogenated alkanes) is 1. The Balaban J connectivity index is 1.94. The molecule has 2 amide bonds. The van der Waals surface area contributed by atoms with Crippen molar-refractivity contribution in [2.45, 2.75) is 45.2 Å². The minimum absolute atomic E-state index is 0.0119. The van der Waals surface area contributed by atoms with Crippen LogP contribution in [0.4, 0.5) is 26.3 Å². The van der Waals surface area contributed by atoms with Gasteiger partial charge in [-0.05, 0) is 42.3 Å². The predicted molar refractivity (Wildman–Crippen MR) is 133 cm³/mol. The van der Waals surface area contributed by atoms with Crippen LogP contribution in [0.5, 0.6) is 0 Å². The van der Waals surface area contributed by atoms with Gasteiger partial charge in [-0.2, -0.15) is 26.3 Å². The first-order chi connectivity index (χ1) is 18.3. The monoisotopic (exact) mass is 553 g/mol. The van der Waals surface area contributed by atoms with Gasteiger partial charge in [0.1, 0.15) is 6.54 Å². The Bertz CT molecular complexity index is 1240. The van der Waals surface area contributed by atoms with Crippen LogP contribution in [0.15, 0.2) is 66.9 Å². The molecular formula is C28H29F6N3O2. The number of amides is 2. The highest BCUT2D eigenvalue weighted by Gasteiger charge is 2.38. The van der Waals surface area contributed by atoms with Gasteiger partial charge in [0, 0.05) is 37.6 Å². The first-order valence-electron chi connectivity index (χ1n) is 12.3. The maximum atomic E-state index is 13.5. The van der Waals surface area contributed by atoms with Gasteiger partial charge in [0.15, 0.2) is 0 Å². The summed E-state index contributed by atoms with van der Waals surface area (Å²) in [4.78, 5) is 29.3. The molecule has 0 fully saturated rings. The van der Waals surface area contributed by atoms with Crippen LogP contribution in [0.3, 0.4) is 0 Å². The van der Waals surface area contributed by atoms with Crippen molar-refractivity contribution in [3.63, 3.8) is 0 Å². The predicted octanol–water partition coefficient (Wildman–Crippen LogP) is 6.53. The molecule has 1 aromatic heterocycles. The summed E-state index contributed by atoms with van der Waals surface area (Å²) in [5, 5.41) is 0. The molecule has 210 valence electrons. The maximum Gasteiger partial charge on any atom is 0.416 e. The normalized spacial score (nSPS) is 11.9. The summed E-state index contributed by atoms with van der Waals surface area (Å²) in [6, 6.07) is 13.5. The lowest BCUT2D eigenvalue weighted by atomic mass is 10.0. The molecule has 0 saturated carbocycles. The summed E-state index contributed by atoms with van der Waals surface area (Å²) < 4.78 is 82.1. The molecule has 11 heteroatoms. The van der Waals surface area contributed by atoms with E-state index in [1.165, 1.54) is 4.90 Å². The van der Waals surface area contributed by atoms with E-state index in [1.54, 1.807) is 0 Å². The van der Waals surface area contributed by atoms with Crippen LogP contribution in [0.1, 0.15) is 52.5 Å². The molecule has 0 unspecified atom stereocenters. The molecule has 3 aromatic rings. The lowest BCUT2D eigenvalue weighted by molar-refractivity contribution is -0.143. The number of carbonyl (C=O) groups is 2. The zero-order valence-electron chi connectivity index (χ0n) is 21.5. The second kappa shape index (κ2) is 12.4. The van der Waals surface area contributed by atoms with E-state index in [9.17, 15) is 35.9 Å². The maximum absolute atomic E-state index is 13.5. The van der Waals surface area contributed by atoms with Crippen molar-refractivity contribution >= 4 is 11.8 Å². The Hall–Kier alpha value is -3.76. The van der Waals surface area contributed by atoms with Crippen molar-refractivity contribution in [1.29, 1.82) is 0 Å². The van der Waals surface area contributed by atoms with E-state index in [4.69, 9.17) is 0 Å². The second-order valence-corrected chi connectivity index (χ2v) is 9.22. The molecule has 5 nitrogen and oxygen atoms in total. The Morgan fingerprint density at radius 3 is 1.95 bits per heavy atom. The van der Waals surface area contributed by atoms with Crippen LogP contribution < -0.4 is 0 Å². The molecule has 0 spiro atoms. The number of halogens is 6. The molecule has 0 atom stereocenters. The molecule has 0 saturated heterocycles. The number of hydrogen-bond donors (Lipinski definition) is 0. The van der Waals surface area contributed by atoms with Crippen molar-refractivity contribution in [1.82, 2.24) is 14.4 Å². The van der Waals surface area contributed by atoms with Gasteiger partial charge in [-0.25, -0.2) is 0 Å². The molecule has 0 N–H and O–H groups in total. The van der Waals surface area contributed by atoms with Crippen molar-refractivity contribution in [3.8, 4) is 0 Å². The largest absolute Gasteiger partial charge is 0.416 e. The fourth-order valence-electron chi connectivity index (χ4n) is 4.02. The summed E-state index contributed by atoms with van der Waals surface area (Å²) >= 11 is 0. The zero-order chi connectivity index (χ0) is 28.8. The highest BCUT2D eigenvalue weighted by atomic mass is 19.4. The minimum Gasteiger partial charge on any atom is -0.353 e. The Morgan fingerprint density at radius 1 is 0.821 bits per heavy atom. The fraction of sp³-hybridized carbons (Fsp3) is 0.357. The number of nitrogens with zero attached hydrogens (tertiary/aromatic N) is 3. The van der Waals surface area contributed by atoms with Crippen LogP contribution in [-0.4, -0.2) is 39.3 Å². The zero-order valence-corrected chi connectivity index (χ0v) is 21.5. The SMILES string of the molecule is CCCCN(CC(=O)N(Cc1ccccc1)Cc1cccn1C)C(=O)c1cc(C(F)(F)F)cc(C(F)(F)F)c1. The smallest absolute Gasteiger partial charge is 0.353 e. The lowest BCUT2D eigenvalue weighted by Gasteiger charge is -2.28. The minimum atomic E-state index is -5.10. The number of rotatable bonds is 10. The first kappa shape index (κ1) is 29.8. The number of aromatic nitrogens is 1. The van der Waals surface area contributed by atoms with Gasteiger partial charge in [-0.1, -0.05) is 43.7 Å². The molecule has 2 aromatic carbocycles. The lowest BCUT2D eigenvalue weighted by Crippen LogP contribution is -2.43. The van der Waals surface area contributed by atoms with Crippen LogP contribution >= 0.6 is 0 Å². The molecule has 0 radical (unpaired) electrons. The third kappa shape index (κ3) is 8.11. The van der Waals surface area contributed by atoms with Crippen molar-refractivity contribution in [2.75, 3.05) is 13.1 Å². The summed E-state index contributed by atoms with van der Waals surface area (Å²) in [7, 11) is 1.81. The van der Waals surface area contributed by atoms with Gasteiger partial charge >= 0.3 is 12.4 Å². The van der Waals surface area contributed by atoms with Crippen LogP contribution in [0, 0.1) is 0 Å². The van der Waals surface area contributed by atoms with Gasteiger partial charge in [0.2, 0.25) is 5.91 Å². The average Bonchev–Trinajstić information content (AvgIpc) is 3.29. The summed E-state index contributed by atoms with van der Waals surface area (Å²) in [6.07, 6.45) is -7.39. The fourth-order valence-corrected chi connectivity index (χ4v) is 4.02. The Morgan fingerprint density at radius 2 is 1.44 bits per heavy atom. The van der Waals surface area contributed by atoms with Gasteiger partial charge in [-0.3, -0.25) is 9.59 Å². The average molecular weight is 554 g/mol. The number of hydrogen-bond acceptors (Lipinski definition) is 2. The molecule has 39 heavy (non-hydrogen) atoms. The highest BCUT2D eigenvalue weighted by molar-refractivity contribution is 5.97. The van der Waals surface area contributed by atoms with E-state index in [-0.39, 0.29) is 25.7 Å². The van der Waals surface area contributed by atoms with E-state index in [1.807, 2.05) is 67.2 Å². The molecule has 1 heterocycles. The van der Waals surface area contributed by atoms with Crippen molar-refractivity contribution in [3.05, 3.63) is 94.8 Å². The van der Waals surface area contributed by atoms with Gasteiger partial charge in [0.05, 0.1) is 17.7 Å².